The van der Waals surface area contributed by atoms with Crippen molar-refractivity contribution in [2.75, 3.05) is 31.1 Å². The van der Waals surface area contributed by atoms with Crippen LogP contribution in [0.5, 0.6) is 0 Å². The fourth-order valence-corrected chi connectivity index (χ4v) is 5.57. The number of benzene rings is 2. The summed E-state index contributed by atoms with van der Waals surface area (Å²) in [5, 5.41) is 0.931. The molecule has 14 heteroatoms. The SMILES string of the molecule is O=C(Cn1cc(Cc2cnc(C(F)(F)F)nc2)c(=O)nc1SCc1ccc(F)cc1)N1CCN(c2ccc(Cl)cc2)CC1. The summed E-state index contributed by atoms with van der Waals surface area (Å²) in [4.78, 5) is 41.2. The van der Waals surface area contributed by atoms with Crippen LogP contribution < -0.4 is 10.5 Å². The summed E-state index contributed by atoms with van der Waals surface area (Å²) in [6.45, 7) is 2.13. The van der Waals surface area contributed by atoms with Crippen molar-refractivity contribution in [3.63, 3.8) is 0 Å². The number of aromatic nitrogens is 4. The zero-order valence-electron chi connectivity index (χ0n) is 22.6. The van der Waals surface area contributed by atoms with Gasteiger partial charge in [0, 0.05) is 73.2 Å². The third kappa shape index (κ3) is 7.90. The molecule has 0 aliphatic carbocycles. The lowest BCUT2D eigenvalue weighted by Crippen LogP contribution is -2.49. The highest BCUT2D eigenvalue weighted by Crippen LogP contribution is 2.26. The first-order valence-corrected chi connectivity index (χ1v) is 14.6. The summed E-state index contributed by atoms with van der Waals surface area (Å²) in [7, 11) is 0. The molecule has 1 amide bonds. The maximum atomic E-state index is 13.4. The van der Waals surface area contributed by atoms with Crippen molar-refractivity contribution in [1.82, 2.24) is 24.4 Å². The van der Waals surface area contributed by atoms with Crippen molar-refractivity contribution in [1.29, 1.82) is 0 Å². The molecule has 8 nitrogen and oxygen atoms in total. The van der Waals surface area contributed by atoms with Crippen LogP contribution in [0, 0.1) is 5.82 Å². The minimum absolute atomic E-state index is 0.0686. The van der Waals surface area contributed by atoms with Gasteiger partial charge in [0.05, 0.1) is 0 Å². The molecule has 43 heavy (non-hydrogen) atoms. The smallest absolute Gasteiger partial charge is 0.368 e. The number of anilines is 1. The number of hydrogen-bond donors (Lipinski definition) is 0. The van der Waals surface area contributed by atoms with Crippen LogP contribution in [0.2, 0.25) is 5.02 Å². The van der Waals surface area contributed by atoms with Gasteiger partial charge in [-0.25, -0.2) is 14.4 Å². The molecule has 0 N–H and O–H groups in total. The first-order chi connectivity index (χ1) is 20.5. The Kier molecular flexibility index (Phi) is 9.31. The standard InChI is InChI=1S/C29H25ClF4N6O2S/c30-22-3-7-24(8-4-22)38-9-11-39(12-10-38)25(41)17-40-16-21(13-20-14-35-27(36-15-20)29(32,33)34)26(42)37-28(40)43-18-19-1-5-23(31)6-2-19/h1-8,14-16H,9-13,17-18H2. The normalized spacial score (nSPS) is 13.8. The predicted molar refractivity (Wildman–Crippen MR) is 155 cm³/mol. The van der Waals surface area contributed by atoms with Crippen molar-refractivity contribution >= 4 is 35.0 Å². The van der Waals surface area contributed by atoms with Gasteiger partial charge in [0.15, 0.2) is 5.16 Å². The number of carbonyl (C=O) groups excluding carboxylic acids is 1. The molecule has 2 aromatic carbocycles. The number of thioether (sulfide) groups is 1. The number of hydrogen-bond acceptors (Lipinski definition) is 7. The van der Waals surface area contributed by atoms with Crippen LogP contribution >= 0.6 is 23.4 Å². The van der Waals surface area contributed by atoms with Gasteiger partial charge in [0.1, 0.15) is 12.4 Å². The fourth-order valence-electron chi connectivity index (χ4n) is 4.52. The molecule has 4 aromatic rings. The average Bonchev–Trinajstić information content (AvgIpc) is 2.99. The quantitative estimate of drug-likeness (QED) is 0.152. The summed E-state index contributed by atoms with van der Waals surface area (Å²) in [5.74, 6) is -1.45. The van der Waals surface area contributed by atoms with E-state index in [0.29, 0.717) is 37.0 Å². The molecule has 3 heterocycles. The summed E-state index contributed by atoms with van der Waals surface area (Å²) < 4.78 is 53.5. The van der Waals surface area contributed by atoms with Gasteiger partial charge in [-0.1, -0.05) is 35.5 Å². The summed E-state index contributed by atoms with van der Waals surface area (Å²) in [5.41, 5.74) is 1.69. The molecule has 0 saturated carbocycles. The van der Waals surface area contributed by atoms with Crippen molar-refractivity contribution in [2.45, 2.75) is 30.1 Å². The molecule has 1 aliphatic rings. The van der Waals surface area contributed by atoms with Gasteiger partial charge in [0.25, 0.3) is 5.56 Å². The lowest BCUT2D eigenvalue weighted by atomic mass is 10.1. The van der Waals surface area contributed by atoms with Crippen LogP contribution in [0.3, 0.4) is 0 Å². The molecule has 224 valence electrons. The molecule has 0 spiro atoms. The number of carbonyl (C=O) groups is 1. The van der Waals surface area contributed by atoms with E-state index in [9.17, 15) is 27.2 Å². The molecule has 5 rings (SSSR count). The molecule has 1 saturated heterocycles. The van der Waals surface area contributed by atoms with Crippen LogP contribution in [0.25, 0.3) is 0 Å². The zero-order chi connectivity index (χ0) is 30.6. The third-order valence-corrected chi connectivity index (χ3v) is 8.11. The Morgan fingerprint density at radius 2 is 1.58 bits per heavy atom. The predicted octanol–water partition coefficient (Wildman–Crippen LogP) is 5.08. The van der Waals surface area contributed by atoms with E-state index < -0.39 is 17.6 Å². The van der Waals surface area contributed by atoms with E-state index in [1.807, 2.05) is 24.3 Å². The number of amides is 1. The van der Waals surface area contributed by atoms with Crippen molar-refractivity contribution in [3.05, 3.63) is 111 Å². The number of piperazine rings is 1. The third-order valence-electron chi connectivity index (χ3n) is 6.79. The maximum absolute atomic E-state index is 13.4. The van der Waals surface area contributed by atoms with Crippen molar-refractivity contribution in [2.24, 2.45) is 0 Å². The van der Waals surface area contributed by atoms with E-state index in [4.69, 9.17) is 11.6 Å². The second-order valence-corrected chi connectivity index (χ2v) is 11.2. The minimum atomic E-state index is -4.68. The summed E-state index contributed by atoms with van der Waals surface area (Å²) in [6, 6.07) is 13.4. The molecule has 0 radical (unpaired) electrons. The summed E-state index contributed by atoms with van der Waals surface area (Å²) >= 11 is 7.21. The molecule has 2 aromatic heterocycles. The molecular formula is C29H25ClF4N6O2S. The Morgan fingerprint density at radius 1 is 0.930 bits per heavy atom. The molecule has 1 aliphatic heterocycles. The van der Waals surface area contributed by atoms with E-state index in [-0.39, 0.29) is 41.0 Å². The van der Waals surface area contributed by atoms with Crippen LogP contribution in [-0.2, 0) is 29.7 Å². The Labute approximate surface area is 253 Å². The van der Waals surface area contributed by atoms with Gasteiger partial charge in [-0.15, -0.1) is 0 Å². The lowest BCUT2D eigenvalue weighted by Gasteiger charge is -2.36. The van der Waals surface area contributed by atoms with Gasteiger partial charge < -0.3 is 14.4 Å². The van der Waals surface area contributed by atoms with E-state index in [1.54, 1.807) is 21.6 Å². The van der Waals surface area contributed by atoms with Gasteiger partial charge in [-0.3, -0.25) is 9.59 Å². The zero-order valence-corrected chi connectivity index (χ0v) is 24.2. The Morgan fingerprint density at radius 3 is 2.21 bits per heavy atom. The van der Waals surface area contributed by atoms with E-state index in [0.717, 1.165) is 23.6 Å². The van der Waals surface area contributed by atoms with Crippen LogP contribution in [0.1, 0.15) is 22.5 Å². The molecule has 0 bridgehead atoms. The number of halogens is 5. The fraction of sp³-hybridized carbons (Fsp3) is 0.276. The highest BCUT2D eigenvalue weighted by atomic mass is 35.5. The molecule has 1 fully saturated rings. The topological polar surface area (TPSA) is 84.2 Å². The highest BCUT2D eigenvalue weighted by molar-refractivity contribution is 7.98. The Bertz CT molecular complexity index is 1630. The van der Waals surface area contributed by atoms with Crippen LogP contribution in [0.15, 0.2) is 77.1 Å². The first-order valence-electron chi connectivity index (χ1n) is 13.2. The van der Waals surface area contributed by atoms with E-state index >= 15 is 0 Å². The van der Waals surface area contributed by atoms with Crippen LogP contribution in [0.4, 0.5) is 23.2 Å². The molecular weight excluding hydrogens is 608 g/mol. The number of rotatable bonds is 8. The monoisotopic (exact) mass is 632 g/mol. The maximum Gasteiger partial charge on any atom is 0.451 e. The van der Waals surface area contributed by atoms with Gasteiger partial charge in [0.2, 0.25) is 11.7 Å². The van der Waals surface area contributed by atoms with Crippen molar-refractivity contribution < 1.29 is 22.4 Å². The van der Waals surface area contributed by atoms with E-state index in [1.165, 1.54) is 30.1 Å². The Balaban J connectivity index is 1.33. The highest BCUT2D eigenvalue weighted by Gasteiger charge is 2.34. The lowest BCUT2D eigenvalue weighted by molar-refractivity contribution is -0.145. The number of nitrogens with zero attached hydrogens (tertiary/aromatic N) is 6. The Hall–Kier alpha value is -3.97. The number of alkyl halides is 3. The molecule has 0 atom stereocenters. The largest absolute Gasteiger partial charge is 0.451 e. The first kappa shape index (κ1) is 30.5. The minimum Gasteiger partial charge on any atom is -0.368 e. The van der Waals surface area contributed by atoms with Crippen LogP contribution in [-0.4, -0.2) is 56.5 Å². The van der Waals surface area contributed by atoms with E-state index in [2.05, 4.69) is 19.9 Å². The second kappa shape index (κ2) is 13.1. The van der Waals surface area contributed by atoms with Gasteiger partial charge in [-0.05, 0) is 47.5 Å². The van der Waals surface area contributed by atoms with Gasteiger partial charge in [-0.2, -0.15) is 18.2 Å². The second-order valence-electron chi connectivity index (χ2n) is 9.83. The summed E-state index contributed by atoms with van der Waals surface area (Å²) in [6.07, 6.45) is -1.22. The van der Waals surface area contributed by atoms with Crippen molar-refractivity contribution in [3.8, 4) is 0 Å². The molecule has 0 unspecified atom stereocenters. The average molecular weight is 633 g/mol. The van der Waals surface area contributed by atoms with Gasteiger partial charge >= 0.3 is 6.18 Å².